The van der Waals surface area contributed by atoms with Crippen LogP contribution in [0.4, 0.5) is 8.78 Å². The van der Waals surface area contributed by atoms with Gasteiger partial charge in [0, 0.05) is 5.54 Å². The summed E-state index contributed by atoms with van der Waals surface area (Å²) in [7, 11) is 0. The summed E-state index contributed by atoms with van der Waals surface area (Å²) in [5, 5.41) is 0. The van der Waals surface area contributed by atoms with E-state index in [1.54, 1.807) is 6.07 Å². The predicted octanol–water partition coefficient (Wildman–Crippen LogP) is 4.11. The Morgan fingerprint density at radius 2 is 1.72 bits per heavy atom. The normalized spacial score (nSPS) is 27.8. The van der Waals surface area contributed by atoms with Crippen molar-refractivity contribution < 1.29 is 8.78 Å². The molecule has 1 nitrogen and oxygen atoms in total. The molecular formula is C15H21F2N. The van der Waals surface area contributed by atoms with E-state index < -0.39 is 17.2 Å². The van der Waals surface area contributed by atoms with Crippen LogP contribution in [0.1, 0.15) is 51.5 Å². The van der Waals surface area contributed by atoms with E-state index in [1.807, 2.05) is 0 Å². The molecule has 2 rings (SSSR count). The molecule has 1 atom stereocenters. The van der Waals surface area contributed by atoms with Gasteiger partial charge in [0.2, 0.25) is 0 Å². The molecule has 0 heterocycles. The molecular weight excluding hydrogens is 232 g/mol. The first-order valence-corrected chi connectivity index (χ1v) is 6.57. The van der Waals surface area contributed by atoms with E-state index in [2.05, 4.69) is 13.8 Å². The number of hydrogen-bond acceptors (Lipinski definition) is 1. The Morgan fingerprint density at radius 3 is 2.39 bits per heavy atom. The smallest absolute Gasteiger partial charge is 0.159 e. The molecule has 1 saturated carbocycles. The fraction of sp³-hybridized carbons (Fsp3) is 0.600. The maximum absolute atomic E-state index is 13.3. The third kappa shape index (κ3) is 2.72. The van der Waals surface area contributed by atoms with Crippen molar-refractivity contribution in [2.75, 3.05) is 0 Å². The molecule has 0 saturated heterocycles. The van der Waals surface area contributed by atoms with Crippen molar-refractivity contribution in [3.8, 4) is 0 Å². The SMILES string of the molecule is CC1(C)CCCC(N)(c2ccc(F)c(F)c2)CC1. The summed E-state index contributed by atoms with van der Waals surface area (Å²) in [4.78, 5) is 0. The van der Waals surface area contributed by atoms with Gasteiger partial charge >= 0.3 is 0 Å². The van der Waals surface area contributed by atoms with Gasteiger partial charge in [0.25, 0.3) is 0 Å². The van der Waals surface area contributed by atoms with Crippen LogP contribution in [-0.2, 0) is 5.54 Å². The Kier molecular flexibility index (Phi) is 3.45. The summed E-state index contributed by atoms with van der Waals surface area (Å²) in [6, 6.07) is 4.06. The van der Waals surface area contributed by atoms with E-state index >= 15 is 0 Å². The molecule has 1 aliphatic carbocycles. The lowest BCUT2D eigenvalue weighted by Gasteiger charge is -2.30. The minimum Gasteiger partial charge on any atom is -0.321 e. The van der Waals surface area contributed by atoms with Gasteiger partial charge in [-0.3, -0.25) is 0 Å². The van der Waals surface area contributed by atoms with Crippen molar-refractivity contribution in [1.29, 1.82) is 0 Å². The highest BCUT2D eigenvalue weighted by atomic mass is 19.2. The largest absolute Gasteiger partial charge is 0.321 e. The lowest BCUT2D eigenvalue weighted by atomic mass is 9.81. The van der Waals surface area contributed by atoms with Gasteiger partial charge in [0.05, 0.1) is 0 Å². The lowest BCUT2D eigenvalue weighted by molar-refractivity contribution is 0.299. The maximum Gasteiger partial charge on any atom is 0.159 e. The van der Waals surface area contributed by atoms with Crippen LogP contribution in [0.3, 0.4) is 0 Å². The van der Waals surface area contributed by atoms with E-state index in [4.69, 9.17) is 5.73 Å². The quantitative estimate of drug-likeness (QED) is 0.749. The van der Waals surface area contributed by atoms with Gasteiger partial charge in [-0.1, -0.05) is 26.3 Å². The van der Waals surface area contributed by atoms with Gasteiger partial charge in [0.15, 0.2) is 11.6 Å². The maximum atomic E-state index is 13.3. The number of hydrogen-bond donors (Lipinski definition) is 1. The molecule has 0 aliphatic heterocycles. The van der Waals surface area contributed by atoms with Crippen LogP contribution in [0.5, 0.6) is 0 Å². The second-order valence-electron chi connectivity index (χ2n) is 6.30. The van der Waals surface area contributed by atoms with Crippen LogP contribution in [-0.4, -0.2) is 0 Å². The molecule has 0 amide bonds. The van der Waals surface area contributed by atoms with Gasteiger partial charge in [-0.05, 0) is 48.8 Å². The van der Waals surface area contributed by atoms with E-state index in [-0.39, 0.29) is 0 Å². The minimum absolute atomic E-state index is 0.291. The van der Waals surface area contributed by atoms with Gasteiger partial charge in [0.1, 0.15) is 0 Å². The fourth-order valence-electron chi connectivity index (χ4n) is 2.79. The third-order valence-electron chi connectivity index (χ3n) is 4.22. The van der Waals surface area contributed by atoms with Crippen LogP contribution in [0.25, 0.3) is 0 Å². The first-order valence-electron chi connectivity index (χ1n) is 6.57. The molecule has 1 aromatic carbocycles. The van der Waals surface area contributed by atoms with Crippen molar-refractivity contribution in [3.63, 3.8) is 0 Å². The van der Waals surface area contributed by atoms with Crippen LogP contribution < -0.4 is 5.73 Å². The Bertz CT molecular complexity index is 442. The molecule has 1 aliphatic rings. The first kappa shape index (κ1) is 13.5. The highest BCUT2D eigenvalue weighted by molar-refractivity contribution is 5.26. The molecule has 0 bridgehead atoms. The monoisotopic (exact) mass is 253 g/mol. The summed E-state index contributed by atoms with van der Waals surface area (Å²) < 4.78 is 26.3. The number of halogens is 2. The second-order valence-corrected chi connectivity index (χ2v) is 6.30. The average Bonchev–Trinajstić information content (AvgIpc) is 2.43. The molecule has 0 radical (unpaired) electrons. The van der Waals surface area contributed by atoms with E-state index in [0.717, 1.165) is 37.7 Å². The predicted molar refractivity (Wildman–Crippen MR) is 69.1 cm³/mol. The summed E-state index contributed by atoms with van der Waals surface area (Å²) in [6.45, 7) is 4.48. The van der Waals surface area contributed by atoms with Crippen LogP contribution in [0.2, 0.25) is 0 Å². The van der Waals surface area contributed by atoms with Gasteiger partial charge in [-0.15, -0.1) is 0 Å². The molecule has 0 aromatic heterocycles. The van der Waals surface area contributed by atoms with E-state index in [1.165, 1.54) is 12.1 Å². The number of benzene rings is 1. The van der Waals surface area contributed by atoms with E-state index in [0.29, 0.717) is 5.41 Å². The standard InChI is InChI=1S/C15H21F2N/c1-14(2)6-3-7-15(18,9-8-14)11-4-5-12(16)13(17)10-11/h4-5,10H,3,6-9,18H2,1-2H3. The van der Waals surface area contributed by atoms with Crippen LogP contribution in [0, 0.1) is 17.0 Å². The van der Waals surface area contributed by atoms with Crippen LogP contribution in [0.15, 0.2) is 18.2 Å². The van der Waals surface area contributed by atoms with Crippen LogP contribution >= 0.6 is 0 Å². The van der Waals surface area contributed by atoms with Crippen molar-refractivity contribution in [1.82, 2.24) is 0 Å². The van der Waals surface area contributed by atoms with Crippen molar-refractivity contribution in [2.24, 2.45) is 11.1 Å². The van der Waals surface area contributed by atoms with E-state index in [9.17, 15) is 8.78 Å². The van der Waals surface area contributed by atoms with Gasteiger partial charge in [-0.25, -0.2) is 8.78 Å². The minimum atomic E-state index is -0.809. The average molecular weight is 253 g/mol. The lowest BCUT2D eigenvalue weighted by Crippen LogP contribution is -2.36. The fourth-order valence-corrected chi connectivity index (χ4v) is 2.79. The summed E-state index contributed by atoms with van der Waals surface area (Å²) in [5.41, 5.74) is 6.93. The molecule has 100 valence electrons. The van der Waals surface area contributed by atoms with Crippen molar-refractivity contribution in [3.05, 3.63) is 35.4 Å². The summed E-state index contributed by atoms with van der Waals surface area (Å²) in [6.07, 6.45) is 4.84. The van der Waals surface area contributed by atoms with Gasteiger partial charge < -0.3 is 5.73 Å². The highest BCUT2D eigenvalue weighted by Gasteiger charge is 2.34. The van der Waals surface area contributed by atoms with Gasteiger partial charge in [-0.2, -0.15) is 0 Å². The summed E-state index contributed by atoms with van der Waals surface area (Å²) in [5.74, 6) is -1.61. The highest BCUT2D eigenvalue weighted by Crippen LogP contribution is 2.41. The number of rotatable bonds is 1. The number of nitrogens with two attached hydrogens (primary N) is 1. The molecule has 1 unspecified atom stereocenters. The molecule has 1 aromatic rings. The molecule has 0 spiro atoms. The molecule has 3 heteroatoms. The Hall–Kier alpha value is -0.960. The Balaban J connectivity index is 2.27. The Morgan fingerprint density at radius 1 is 1.00 bits per heavy atom. The van der Waals surface area contributed by atoms with Crippen molar-refractivity contribution in [2.45, 2.75) is 51.5 Å². The molecule has 1 fully saturated rings. The summed E-state index contributed by atoms with van der Waals surface area (Å²) >= 11 is 0. The Labute approximate surface area is 107 Å². The second kappa shape index (κ2) is 4.61. The zero-order chi connectivity index (χ0) is 13.4. The topological polar surface area (TPSA) is 26.0 Å². The zero-order valence-corrected chi connectivity index (χ0v) is 11.1. The molecule has 2 N–H and O–H groups in total. The first-order chi connectivity index (χ1) is 8.32. The van der Waals surface area contributed by atoms with Crippen molar-refractivity contribution >= 4 is 0 Å². The third-order valence-corrected chi connectivity index (χ3v) is 4.22. The molecule has 18 heavy (non-hydrogen) atoms. The zero-order valence-electron chi connectivity index (χ0n) is 11.1.